The smallest absolute Gasteiger partial charge is 0.422 e. The van der Waals surface area contributed by atoms with Crippen LogP contribution in [0, 0.1) is 11.7 Å². The van der Waals surface area contributed by atoms with Crippen LogP contribution in [0.2, 0.25) is 25.7 Å². The van der Waals surface area contributed by atoms with Gasteiger partial charge in [-0.25, -0.2) is 24.1 Å². The van der Waals surface area contributed by atoms with Crippen LogP contribution in [0.3, 0.4) is 0 Å². The van der Waals surface area contributed by atoms with E-state index in [0.717, 1.165) is 36.3 Å². The molecule has 1 aliphatic heterocycles. The molecule has 51 heavy (non-hydrogen) atoms. The molecule has 12 nitrogen and oxygen atoms in total. The minimum Gasteiger partial charge on any atom is -0.468 e. The lowest BCUT2D eigenvalue weighted by Crippen LogP contribution is -2.55. The van der Waals surface area contributed by atoms with E-state index in [4.69, 9.17) is 19.2 Å². The normalized spacial score (nSPS) is 21.0. The maximum atomic E-state index is 15.9. The predicted octanol–water partition coefficient (Wildman–Crippen LogP) is 7.24. The van der Waals surface area contributed by atoms with Gasteiger partial charge in [0.05, 0.1) is 25.0 Å². The number of alkyl halides is 3. The molecule has 0 aliphatic carbocycles. The number of esters is 1. The number of anilines is 1. The second-order valence-electron chi connectivity index (χ2n) is 14.5. The molecule has 1 aromatic heterocycles. The lowest BCUT2D eigenvalue weighted by atomic mass is 9.73. The Hall–Kier alpha value is -3.77. The lowest BCUT2D eigenvalue weighted by Gasteiger charge is -2.47. The van der Waals surface area contributed by atoms with E-state index in [1.165, 1.54) is 24.1 Å². The van der Waals surface area contributed by atoms with Gasteiger partial charge in [-0.2, -0.15) is 13.2 Å². The van der Waals surface area contributed by atoms with Crippen molar-refractivity contribution in [3.63, 3.8) is 0 Å². The van der Waals surface area contributed by atoms with Gasteiger partial charge >= 0.3 is 18.2 Å². The van der Waals surface area contributed by atoms with E-state index in [0.29, 0.717) is 6.61 Å². The van der Waals surface area contributed by atoms with Crippen LogP contribution in [0.5, 0.6) is 5.88 Å². The number of hydrogen-bond donors (Lipinski definition) is 1. The summed E-state index contributed by atoms with van der Waals surface area (Å²) in [5.41, 5.74) is -2.60. The largest absolute Gasteiger partial charge is 0.468 e. The summed E-state index contributed by atoms with van der Waals surface area (Å²) in [6.07, 6.45) is -3.57. The first-order valence-electron chi connectivity index (χ1n) is 16.0. The van der Waals surface area contributed by atoms with Crippen molar-refractivity contribution in [1.29, 1.82) is 0 Å². The zero-order valence-corrected chi connectivity index (χ0v) is 32.2. The number of ether oxygens (including phenoxy) is 4. The molecule has 0 saturated carbocycles. The first kappa shape index (κ1) is 41.6. The maximum absolute atomic E-state index is 15.9. The van der Waals surface area contributed by atoms with Gasteiger partial charge < -0.3 is 24.3 Å². The molecular formula is C33H45F4N5O7SSi. The molecule has 2 amide bonds. The Kier molecular flexibility index (Phi) is 12.9. The van der Waals surface area contributed by atoms with Crippen LogP contribution >= 0.6 is 11.8 Å². The third-order valence-corrected chi connectivity index (χ3v) is 11.1. The highest BCUT2D eigenvalue weighted by molar-refractivity contribution is 8.15. The van der Waals surface area contributed by atoms with Crippen molar-refractivity contribution in [2.24, 2.45) is 10.9 Å². The van der Waals surface area contributed by atoms with Crippen LogP contribution < -0.4 is 10.1 Å². The van der Waals surface area contributed by atoms with Gasteiger partial charge in [-0.05, 0) is 58.9 Å². The summed E-state index contributed by atoms with van der Waals surface area (Å²) in [7, 11) is -0.264. The summed E-state index contributed by atoms with van der Waals surface area (Å²) in [6, 6.07) is 4.56. The standard InChI is InChI=1S/C33H45F4N5O7SSi/c1-20-31(5,22-15-21(11-12-23(22)34)40-26(43)24-16-39-25(17-38-24)48-18-33(35,36)37)41-28(50-32(20,6)27(44)46-7)42(29(45)49-30(2,3)4)19-47-13-14-51(8,9)10/h11-12,15-17,20H,13-14,18-19H2,1-10H3,(H,40,43)/t20?,31-,32-/m0/s1. The minimum atomic E-state index is -4.59. The third-order valence-electron chi connectivity index (χ3n) is 7.97. The molecule has 18 heteroatoms. The van der Waals surface area contributed by atoms with Gasteiger partial charge in [0.2, 0.25) is 5.88 Å². The number of methoxy groups -OCH3 is 1. The van der Waals surface area contributed by atoms with E-state index in [2.05, 4.69) is 39.7 Å². The van der Waals surface area contributed by atoms with E-state index in [9.17, 15) is 27.6 Å². The average Bonchev–Trinajstić information content (AvgIpc) is 3.01. The Balaban J connectivity index is 2.05. The zero-order chi connectivity index (χ0) is 38.6. The van der Waals surface area contributed by atoms with Crippen molar-refractivity contribution >= 4 is 48.7 Å². The monoisotopic (exact) mass is 759 g/mol. The number of aliphatic imine (C=N–C) groups is 1. The first-order chi connectivity index (χ1) is 23.4. The van der Waals surface area contributed by atoms with Gasteiger partial charge in [0.1, 0.15) is 28.6 Å². The predicted molar refractivity (Wildman–Crippen MR) is 187 cm³/mol. The number of nitrogens with one attached hydrogen (secondary N) is 1. The lowest BCUT2D eigenvalue weighted by molar-refractivity contribution is -0.154. The van der Waals surface area contributed by atoms with Gasteiger partial charge in [-0.3, -0.25) is 14.6 Å². The summed E-state index contributed by atoms with van der Waals surface area (Å²) in [4.78, 5) is 53.7. The fraction of sp³-hybridized carbons (Fsp3) is 0.576. The number of hydrogen-bond acceptors (Lipinski definition) is 11. The molecule has 1 aromatic carbocycles. The van der Waals surface area contributed by atoms with Crippen molar-refractivity contribution < 1.29 is 50.9 Å². The summed E-state index contributed by atoms with van der Waals surface area (Å²) >= 11 is 0.971. The van der Waals surface area contributed by atoms with Crippen LogP contribution in [0.1, 0.15) is 57.6 Å². The molecular weight excluding hydrogens is 715 g/mol. The number of rotatable bonds is 11. The molecule has 0 spiro atoms. The molecule has 1 N–H and O–H groups in total. The number of halogens is 4. The van der Waals surface area contributed by atoms with E-state index < -0.39 is 72.3 Å². The molecule has 0 radical (unpaired) electrons. The van der Waals surface area contributed by atoms with Crippen molar-refractivity contribution in [1.82, 2.24) is 14.9 Å². The van der Waals surface area contributed by atoms with Crippen molar-refractivity contribution in [3.05, 3.63) is 47.7 Å². The molecule has 0 fully saturated rings. The van der Waals surface area contributed by atoms with E-state index in [1.54, 1.807) is 41.5 Å². The Morgan fingerprint density at radius 1 is 1.08 bits per heavy atom. The van der Waals surface area contributed by atoms with Gasteiger partial charge in [0, 0.05) is 31.8 Å². The van der Waals surface area contributed by atoms with Crippen LogP contribution in [-0.2, 0) is 24.5 Å². The fourth-order valence-electron chi connectivity index (χ4n) is 4.85. The second kappa shape index (κ2) is 15.9. The number of amidine groups is 1. The average molecular weight is 760 g/mol. The molecule has 3 atom stereocenters. The van der Waals surface area contributed by atoms with Crippen molar-refractivity contribution in [2.45, 2.75) is 89.3 Å². The number of amides is 2. The fourth-order valence-corrected chi connectivity index (χ4v) is 7.03. The Morgan fingerprint density at radius 3 is 2.29 bits per heavy atom. The minimum absolute atomic E-state index is 0.0218. The van der Waals surface area contributed by atoms with E-state index >= 15 is 4.39 Å². The SMILES string of the molecule is COC(=O)[C@@]1(C)SC(N(COCC[Si](C)(C)C)C(=O)OC(C)(C)C)=N[C@](C)(c2cc(NC(=O)c3cnc(OCC(F)(F)F)cn3)ccc2F)C1C. The van der Waals surface area contributed by atoms with Crippen LogP contribution in [0.25, 0.3) is 0 Å². The third kappa shape index (κ3) is 11.1. The van der Waals surface area contributed by atoms with Crippen molar-refractivity contribution in [3.8, 4) is 5.88 Å². The molecule has 3 rings (SSSR count). The topological polar surface area (TPSA) is 142 Å². The number of thioether (sulfide) groups is 1. The molecule has 2 heterocycles. The summed E-state index contributed by atoms with van der Waals surface area (Å²) in [6.45, 7) is 15.1. The zero-order valence-electron chi connectivity index (χ0n) is 30.4. The molecule has 0 saturated heterocycles. The van der Waals surface area contributed by atoms with Gasteiger partial charge in [-0.15, -0.1) is 0 Å². The molecule has 2 aromatic rings. The summed E-state index contributed by atoms with van der Waals surface area (Å²) < 4.78 is 73.2. The highest BCUT2D eigenvalue weighted by atomic mass is 32.2. The Morgan fingerprint density at radius 2 is 1.75 bits per heavy atom. The maximum Gasteiger partial charge on any atom is 0.422 e. The quantitative estimate of drug-likeness (QED) is 0.0819. The van der Waals surface area contributed by atoms with Crippen LogP contribution in [0.15, 0.2) is 35.6 Å². The second-order valence-corrected chi connectivity index (χ2v) is 21.6. The van der Waals surface area contributed by atoms with Gasteiger partial charge in [-0.1, -0.05) is 38.3 Å². The number of benzene rings is 1. The van der Waals surface area contributed by atoms with Crippen LogP contribution in [-0.4, -0.2) is 89.7 Å². The number of carbonyl (C=O) groups excluding carboxylic acids is 3. The molecule has 1 aliphatic rings. The van der Waals surface area contributed by atoms with E-state index in [-0.39, 0.29) is 28.8 Å². The van der Waals surface area contributed by atoms with E-state index in [1.807, 2.05) is 0 Å². The molecule has 0 bridgehead atoms. The Labute approximate surface area is 300 Å². The summed E-state index contributed by atoms with van der Waals surface area (Å²) in [5, 5.41) is 2.61. The summed E-state index contributed by atoms with van der Waals surface area (Å²) in [5.74, 6) is -3.35. The number of carbonyl (C=O) groups is 3. The highest BCUT2D eigenvalue weighted by Gasteiger charge is 2.56. The number of nitrogens with zero attached hydrogens (tertiary/aromatic N) is 4. The van der Waals surface area contributed by atoms with Crippen molar-refractivity contribution in [2.75, 3.05) is 32.4 Å². The number of aromatic nitrogens is 2. The van der Waals surface area contributed by atoms with Gasteiger partial charge in [0.25, 0.3) is 5.91 Å². The van der Waals surface area contributed by atoms with Crippen LogP contribution in [0.4, 0.5) is 28.0 Å². The first-order valence-corrected chi connectivity index (χ1v) is 20.5. The molecule has 1 unspecified atom stereocenters. The Bertz CT molecular complexity index is 1620. The van der Waals surface area contributed by atoms with Gasteiger partial charge in [0.15, 0.2) is 11.8 Å². The highest BCUT2D eigenvalue weighted by Crippen LogP contribution is 2.52. The molecule has 282 valence electrons.